The minimum atomic E-state index is -0.925. The Hall–Kier alpha value is -1.88. The smallest absolute Gasteiger partial charge is 0.241 e. The van der Waals surface area contributed by atoms with E-state index in [4.69, 9.17) is 11.5 Å². The SMILES string of the molecule is CC(C)(C)c1ccccc1NC(=O)C(N)CC(N)=O. The van der Waals surface area contributed by atoms with Crippen LogP contribution in [0.15, 0.2) is 24.3 Å². The Bertz CT molecular complexity index is 478. The fourth-order valence-corrected chi connectivity index (χ4v) is 1.78. The lowest BCUT2D eigenvalue weighted by Gasteiger charge is -2.23. The van der Waals surface area contributed by atoms with E-state index >= 15 is 0 Å². The van der Waals surface area contributed by atoms with Gasteiger partial charge in [-0.2, -0.15) is 0 Å². The summed E-state index contributed by atoms with van der Waals surface area (Å²) in [6.45, 7) is 6.17. The maximum atomic E-state index is 11.9. The highest BCUT2D eigenvalue weighted by molar-refractivity contribution is 5.97. The maximum absolute atomic E-state index is 11.9. The quantitative estimate of drug-likeness (QED) is 0.759. The fraction of sp³-hybridized carbons (Fsp3) is 0.429. The highest BCUT2D eigenvalue weighted by Crippen LogP contribution is 2.29. The van der Waals surface area contributed by atoms with Crippen LogP contribution in [0.2, 0.25) is 0 Å². The standard InChI is InChI=1S/C14H21N3O2/c1-14(2,3)9-6-4-5-7-11(9)17-13(19)10(15)8-12(16)18/h4-7,10H,8,15H2,1-3H3,(H2,16,18)(H,17,19). The van der Waals surface area contributed by atoms with Crippen molar-refractivity contribution in [3.05, 3.63) is 29.8 Å². The van der Waals surface area contributed by atoms with Crippen molar-refractivity contribution in [3.8, 4) is 0 Å². The molecule has 0 saturated heterocycles. The number of carbonyl (C=O) groups excluding carboxylic acids is 2. The predicted octanol–water partition coefficient (Wildman–Crippen LogP) is 1.13. The summed E-state index contributed by atoms with van der Waals surface area (Å²) in [7, 11) is 0. The van der Waals surface area contributed by atoms with Crippen molar-refractivity contribution >= 4 is 17.5 Å². The molecule has 0 aromatic heterocycles. The Balaban J connectivity index is 2.88. The molecule has 5 N–H and O–H groups in total. The monoisotopic (exact) mass is 263 g/mol. The average Bonchev–Trinajstić information content (AvgIpc) is 2.27. The molecule has 1 aromatic rings. The van der Waals surface area contributed by atoms with Gasteiger partial charge in [0.05, 0.1) is 12.5 Å². The van der Waals surface area contributed by atoms with Crippen LogP contribution in [0.1, 0.15) is 32.8 Å². The first kappa shape index (κ1) is 15.2. The Kier molecular flexibility index (Phi) is 4.67. The van der Waals surface area contributed by atoms with Crippen molar-refractivity contribution in [1.29, 1.82) is 0 Å². The number of benzene rings is 1. The van der Waals surface area contributed by atoms with Gasteiger partial charge >= 0.3 is 0 Å². The molecule has 0 saturated carbocycles. The predicted molar refractivity (Wildman–Crippen MR) is 75.6 cm³/mol. The average molecular weight is 263 g/mol. The highest BCUT2D eigenvalue weighted by atomic mass is 16.2. The first-order chi connectivity index (χ1) is 8.71. The van der Waals surface area contributed by atoms with Gasteiger partial charge in [-0.3, -0.25) is 9.59 Å². The van der Waals surface area contributed by atoms with E-state index < -0.39 is 17.9 Å². The molecule has 1 rings (SSSR count). The summed E-state index contributed by atoms with van der Waals surface area (Å²) in [5, 5.41) is 2.75. The van der Waals surface area contributed by atoms with Gasteiger partial charge in [0, 0.05) is 5.69 Å². The zero-order chi connectivity index (χ0) is 14.6. The number of hydrogen-bond acceptors (Lipinski definition) is 3. The van der Waals surface area contributed by atoms with Crippen molar-refractivity contribution in [2.75, 3.05) is 5.32 Å². The topological polar surface area (TPSA) is 98.2 Å². The molecule has 1 atom stereocenters. The van der Waals surface area contributed by atoms with E-state index in [9.17, 15) is 9.59 Å². The molecule has 0 fully saturated rings. The molecule has 0 spiro atoms. The third-order valence-electron chi connectivity index (χ3n) is 2.75. The summed E-state index contributed by atoms with van der Waals surface area (Å²) in [6.07, 6.45) is -0.163. The van der Waals surface area contributed by atoms with Crippen LogP contribution in [0.25, 0.3) is 0 Å². The normalized spacial score (nSPS) is 12.8. The van der Waals surface area contributed by atoms with Crippen LogP contribution in [-0.4, -0.2) is 17.9 Å². The van der Waals surface area contributed by atoms with Crippen LogP contribution in [0, 0.1) is 0 Å². The second-order valence-electron chi connectivity index (χ2n) is 5.56. The van der Waals surface area contributed by atoms with Crippen molar-refractivity contribution in [3.63, 3.8) is 0 Å². The van der Waals surface area contributed by atoms with Gasteiger partial charge in [-0.05, 0) is 17.0 Å². The summed E-state index contributed by atoms with van der Waals surface area (Å²) in [5.74, 6) is -0.998. The zero-order valence-corrected chi connectivity index (χ0v) is 11.6. The summed E-state index contributed by atoms with van der Waals surface area (Å²) >= 11 is 0. The van der Waals surface area contributed by atoms with Gasteiger partial charge < -0.3 is 16.8 Å². The molecular weight excluding hydrogens is 242 g/mol. The molecule has 1 unspecified atom stereocenters. The lowest BCUT2D eigenvalue weighted by atomic mass is 9.86. The molecule has 19 heavy (non-hydrogen) atoms. The summed E-state index contributed by atoms with van der Waals surface area (Å²) in [5.41, 5.74) is 12.3. The zero-order valence-electron chi connectivity index (χ0n) is 11.6. The van der Waals surface area contributed by atoms with Crippen LogP contribution in [0.3, 0.4) is 0 Å². The Labute approximate surface area is 113 Å². The number of rotatable bonds is 4. The summed E-state index contributed by atoms with van der Waals surface area (Å²) in [6, 6.07) is 6.60. The number of nitrogens with one attached hydrogen (secondary N) is 1. The molecule has 1 aromatic carbocycles. The van der Waals surface area contributed by atoms with Gasteiger partial charge in [0.15, 0.2) is 0 Å². The maximum Gasteiger partial charge on any atom is 0.241 e. The number of nitrogens with two attached hydrogens (primary N) is 2. The molecule has 0 heterocycles. The van der Waals surface area contributed by atoms with E-state index in [2.05, 4.69) is 26.1 Å². The molecule has 5 nitrogen and oxygen atoms in total. The van der Waals surface area contributed by atoms with Crippen LogP contribution >= 0.6 is 0 Å². The van der Waals surface area contributed by atoms with E-state index in [1.807, 2.05) is 24.3 Å². The third-order valence-corrected chi connectivity index (χ3v) is 2.75. The van der Waals surface area contributed by atoms with Crippen LogP contribution in [0.5, 0.6) is 0 Å². The van der Waals surface area contributed by atoms with Crippen LogP contribution in [0.4, 0.5) is 5.69 Å². The number of primary amides is 1. The molecule has 0 aliphatic heterocycles. The van der Waals surface area contributed by atoms with Gasteiger partial charge in [0.1, 0.15) is 0 Å². The van der Waals surface area contributed by atoms with Gasteiger partial charge in [-0.25, -0.2) is 0 Å². The number of hydrogen-bond donors (Lipinski definition) is 3. The highest BCUT2D eigenvalue weighted by Gasteiger charge is 2.21. The largest absolute Gasteiger partial charge is 0.370 e. The molecule has 5 heteroatoms. The van der Waals surface area contributed by atoms with Crippen molar-refractivity contribution < 1.29 is 9.59 Å². The second-order valence-corrected chi connectivity index (χ2v) is 5.56. The fourth-order valence-electron chi connectivity index (χ4n) is 1.78. The van der Waals surface area contributed by atoms with Crippen LogP contribution in [-0.2, 0) is 15.0 Å². The molecule has 2 amide bonds. The third kappa shape index (κ3) is 4.37. The summed E-state index contributed by atoms with van der Waals surface area (Å²) < 4.78 is 0. The number of amides is 2. The van der Waals surface area contributed by atoms with Crippen molar-refractivity contribution in [2.24, 2.45) is 11.5 Å². The van der Waals surface area contributed by atoms with E-state index in [-0.39, 0.29) is 11.8 Å². The minimum Gasteiger partial charge on any atom is -0.370 e. The van der Waals surface area contributed by atoms with E-state index in [0.29, 0.717) is 5.69 Å². The van der Waals surface area contributed by atoms with E-state index in [1.54, 1.807) is 0 Å². The molecule has 0 radical (unpaired) electrons. The van der Waals surface area contributed by atoms with E-state index in [1.165, 1.54) is 0 Å². The first-order valence-corrected chi connectivity index (χ1v) is 6.16. The lowest BCUT2D eigenvalue weighted by Crippen LogP contribution is -2.39. The molecular formula is C14H21N3O2. The van der Waals surface area contributed by atoms with Crippen molar-refractivity contribution in [2.45, 2.75) is 38.6 Å². The lowest BCUT2D eigenvalue weighted by molar-refractivity contribution is -0.123. The van der Waals surface area contributed by atoms with Crippen LogP contribution < -0.4 is 16.8 Å². The first-order valence-electron chi connectivity index (χ1n) is 6.16. The number of anilines is 1. The molecule has 0 aliphatic carbocycles. The molecule has 104 valence electrons. The van der Waals surface area contributed by atoms with Gasteiger partial charge in [0.2, 0.25) is 11.8 Å². The molecule has 0 bridgehead atoms. The number of para-hydroxylation sites is 1. The summed E-state index contributed by atoms with van der Waals surface area (Å²) in [4.78, 5) is 22.6. The Morgan fingerprint density at radius 1 is 1.26 bits per heavy atom. The van der Waals surface area contributed by atoms with Crippen molar-refractivity contribution in [1.82, 2.24) is 0 Å². The minimum absolute atomic E-state index is 0.0995. The van der Waals surface area contributed by atoms with E-state index in [0.717, 1.165) is 5.56 Å². The second kappa shape index (κ2) is 5.84. The van der Waals surface area contributed by atoms with Gasteiger partial charge in [-0.1, -0.05) is 39.0 Å². The number of carbonyl (C=O) groups is 2. The van der Waals surface area contributed by atoms with Gasteiger partial charge in [0.25, 0.3) is 0 Å². The van der Waals surface area contributed by atoms with Gasteiger partial charge in [-0.15, -0.1) is 0 Å². The Morgan fingerprint density at radius 3 is 2.37 bits per heavy atom. The molecule has 0 aliphatic rings. The Morgan fingerprint density at radius 2 is 1.84 bits per heavy atom.